The smallest absolute Gasteiger partial charge is 0.258 e. The van der Waals surface area contributed by atoms with Gasteiger partial charge in [0.05, 0.1) is 19.3 Å². The van der Waals surface area contributed by atoms with Crippen LogP contribution in [0.15, 0.2) is 18.2 Å². The fraction of sp³-hybridized carbons (Fsp3) is 0.467. The lowest BCUT2D eigenvalue weighted by atomic mass is 10.1. The van der Waals surface area contributed by atoms with E-state index in [4.69, 9.17) is 14.2 Å². The van der Waals surface area contributed by atoms with E-state index in [9.17, 15) is 9.59 Å². The van der Waals surface area contributed by atoms with Crippen LogP contribution in [0.3, 0.4) is 0 Å². The number of ether oxygens (including phenoxy) is 3. The molecule has 1 aromatic carbocycles. The van der Waals surface area contributed by atoms with Crippen LogP contribution < -0.4 is 14.8 Å². The largest absolute Gasteiger partial charge is 0.497 e. The van der Waals surface area contributed by atoms with Crippen LogP contribution in [-0.2, 0) is 9.53 Å². The molecule has 0 aliphatic rings. The Morgan fingerprint density at radius 1 is 1.29 bits per heavy atom. The number of carbonyl (C=O) groups excluding carboxylic acids is 2. The van der Waals surface area contributed by atoms with Crippen molar-refractivity contribution in [3.05, 3.63) is 23.8 Å². The Labute approximate surface area is 124 Å². The molecule has 0 aromatic heterocycles. The second-order valence-electron chi connectivity index (χ2n) is 4.63. The molecule has 6 heteroatoms. The van der Waals surface area contributed by atoms with E-state index in [2.05, 4.69) is 5.32 Å². The average Bonchev–Trinajstić information content (AvgIpc) is 2.44. The number of ketones is 1. The average molecular weight is 295 g/mol. The minimum absolute atomic E-state index is 0.108. The molecule has 1 atom stereocenters. The van der Waals surface area contributed by atoms with E-state index in [-0.39, 0.29) is 24.3 Å². The molecule has 0 aliphatic heterocycles. The Morgan fingerprint density at radius 3 is 2.57 bits per heavy atom. The third-order valence-electron chi connectivity index (χ3n) is 2.75. The maximum Gasteiger partial charge on any atom is 0.258 e. The zero-order chi connectivity index (χ0) is 15.8. The monoisotopic (exact) mass is 295 g/mol. The summed E-state index contributed by atoms with van der Waals surface area (Å²) in [6.45, 7) is 3.51. The molecule has 0 saturated carbocycles. The van der Waals surface area contributed by atoms with Gasteiger partial charge in [0.15, 0.2) is 12.4 Å². The first kappa shape index (κ1) is 17.0. The number of carbonyl (C=O) groups is 2. The van der Waals surface area contributed by atoms with Crippen LogP contribution in [-0.4, -0.2) is 45.2 Å². The predicted molar refractivity (Wildman–Crippen MR) is 78.0 cm³/mol. The Bertz CT molecular complexity index is 501. The lowest BCUT2D eigenvalue weighted by Gasteiger charge is -2.14. The topological polar surface area (TPSA) is 73.9 Å². The van der Waals surface area contributed by atoms with Crippen LogP contribution in [0.25, 0.3) is 0 Å². The summed E-state index contributed by atoms with van der Waals surface area (Å²) in [7, 11) is 3.08. The fourth-order valence-electron chi connectivity index (χ4n) is 1.79. The Balaban J connectivity index is 2.69. The molecule has 21 heavy (non-hydrogen) atoms. The molecule has 0 aliphatic carbocycles. The highest BCUT2D eigenvalue weighted by Gasteiger charge is 2.13. The molecule has 0 fully saturated rings. The van der Waals surface area contributed by atoms with Gasteiger partial charge in [-0.3, -0.25) is 9.59 Å². The number of rotatable bonds is 8. The van der Waals surface area contributed by atoms with Crippen molar-refractivity contribution in [2.75, 3.05) is 27.4 Å². The van der Waals surface area contributed by atoms with Gasteiger partial charge >= 0.3 is 0 Å². The number of hydrogen-bond donors (Lipinski definition) is 1. The van der Waals surface area contributed by atoms with Crippen LogP contribution in [0.1, 0.15) is 24.2 Å². The van der Waals surface area contributed by atoms with Crippen molar-refractivity contribution >= 4 is 11.7 Å². The second-order valence-corrected chi connectivity index (χ2v) is 4.63. The van der Waals surface area contributed by atoms with Gasteiger partial charge in [-0.2, -0.15) is 0 Å². The highest BCUT2D eigenvalue weighted by Crippen LogP contribution is 2.25. The number of amides is 1. The highest BCUT2D eigenvalue weighted by molar-refractivity contribution is 5.97. The molecular weight excluding hydrogens is 274 g/mol. The molecule has 1 N–H and O–H groups in total. The molecule has 6 nitrogen and oxygen atoms in total. The standard InChI is InChI=1S/C15H21NO5/c1-10(8-19-3)16-15(18)9-21-14-7-12(20-4)5-6-13(14)11(2)17/h5-7,10H,8-9H2,1-4H3,(H,16,18). The first-order chi connectivity index (χ1) is 9.97. The predicted octanol–water partition coefficient (Wildman–Crippen LogP) is 1.43. The molecule has 1 amide bonds. The minimum atomic E-state index is -0.281. The van der Waals surface area contributed by atoms with Gasteiger partial charge in [-0.1, -0.05) is 0 Å². The van der Waals surface area contributed by atoms with E-state index < -0.39 is 0 Å². The number of nitrogens with one attached hydrogen (secondary N) is 1. The van der Waals surface area contributed by atoms with Gasteiger partial charge in [0, 0.05) is 19.2 Å². The Hall–Kier alpha value is -2.08. The van der Waals surface area contributed by atoms with E-state index in [1.807, 2.05) is 6.92 Å². The van der Waals surface area contributed by atoms with E-state index in [0.29, 0.717) is 23.7 Å². The van der Waals surface area contributed by atoms with Gasteiger partial charge in [-0.05, 0) is 26.0 Å². The van der Waals surface area contributed by atoms with Crippen LogP contribution in [0.5, 0.6) is 11.5 Å². The lowest BCUT2D eigenvalue weighted by molar-refractivity contribution is -0.124. The van der Waals surface area contributed by atoms with Crippen LogP contribution in [0.4, 0.5) is 0 Å². The summed E-state index contributed by atoms with van der Waals surface area (Å²) in [5.74, 6) is 0.470. The third kappa shape index (κ3) is 5.43. The Morgan fingerprint density at radius 2 is 2.00 bits per heavy atom. The molecule has 0 heterocycles. The summed E-state index contributed by atoms with van der Waals surface area (Å²) < 4.78 is 15.4. The van der Waals surface area contributed by atoms with Gasteiger partial charge in [0.1, 0.15) is 11.5 Å². The highest BCUT2D eigenvalue weighted by atomic mass is 16.5. The summed E-state index contributed by atoms with van der Waals surface area (Å²) in [6, 6.07) is 4.76. The zero-order valence-electron chi connectivity index (χ0n) is 12.8. The quantitative estimate of drug-likeness (QED) is 0.734. The van der Waals surface area contributed by atoms with E-state index in [1.54, 1.807) is 25.3 Å². The van der Waals surface area contributed by atoms with Crippen LogP contribution in [0.2, 0.25) is 0 Å². The van der Waals surface area contributed by atoms with Crippen molar-refractivity contribution in [3.8, 4) is 11.5 Å². The van der Waals surface area contributed by atoms with Gasteiger partial charge in [-0.25, -0.2) is 0 Å². The molecule has 116 valence electrons. The molecular formula is C15H21NO5. The van der Waals surface area contributed by atoms with E-state index in [0.717, 1.165) is 0 Å². The first-order valence-electron chi connectivity index (χ1n) is 6.58. The van der Waals surface area contributed by atoms with Gasteiger partial charge in [0.2, 0.25) is 0 Å². The van der Waals surface area contributed by atoms with Crippen molar-refractivity contribution in [1.29, 1.82) is 0 Å². The summed E-state index contributed by atoms with van der Waals surface area (Å²) in [6.07, 6.45) is 0. The number of hydrogen-bond acceptors (Lipinski definition) is 5. The number of methoxy groups -OCH3 is 2. The van der Waals surface area contributed by atoms with Crippen molar-refractivity contribution in [3.63, 3.8) is 0 Å². The summed E-state index contributed by atoms with van der Waals surface area (Å²) in [5.41, 5.74) is 0.411. The van der Waals surface area contributed by atoms with Crippen molar-refractivity contribution < 1.29 is 23.8 Å². The SMILES string of the molecule is COCC(C)NC(=O)COc1cc(OC)ccc1C(C)=O. The summed E-state index contributed by atoms with van der Waals surface area (Å²) >= 11 is 0. The van der Waals surface area contributed by atoms with Crippen LogP contribution >= 0.6 is 0 Å². The van der Waals surface area contributed by atoms with Crippen molar-refractivity contribution in [2.24, 2.45) is 0 Å². The van der Waals surface area contributed by atoms with Gasteiger partial charge in [0.25, 0.3) is 5.91 Å². The lowest BCUT2D eigenvalue weighted by Crippen LogP contribution is -2.38. The molecule has 0 spiro atoms. The number of benzene rings is 1. The maximum atomic E-state index is 11.7. The molecule has 0 saturated heterocycles. The normalized spacial score (nSPS) is 11.6. The fourth-order valence-corrected chi connectivity index (χ4v) is 1.79. The first-order valence-corrected chi connectivity index (χ1v) is 6.58. The maximum absolute atomic E-state index is 11.7. The molecule has 0 radical (unpaired) electrons. The summed E-state index contributed by atoms with van der Waals surface area (Å²) in [4.78, 5) is 23.3. The molecule has 1 aromatic rings. The van der Waals surface area contributed by atoms with Crippen molar-refractivity contribution in [2.45, 2.75) is 19.9 Å². The zero-order valence-corrected chi connectivity index (χ0v) is 12.8. The van der Waals surface area contributed by atoms with Crippen LogP contribution in [0, 0.1) is 0 Å². The van der Waals surface area contributed by atoms with E-state index >= 15 is 0 Å². The van der Waals surface area contributed by atoms with Gasteiger partial charge in [-0.15, -0.1) is 0 Å². The van der Waals surface area contributed by atoms with Gasteiger partial charge < -0.3 is 19.5 Å². The number of Topliss-reactive ketones (excluding diaryl/α,β-unsaturated/α-hetero) is 1. The van der Waals surface area contributed by atoms with Crippen molar-refractivity contribution in [1.82, 2.24) is 5.32 Å². The molecule has 0 bridgehead atoms. The molecule has 1 rings (SSSR count). The molecule has 1 unspecified atom stereocenters. The van der Waals surface area contributed by atoms with E-state index in [1.165, 1.54) is 14.0 Å². The third-order valence-corrected chi connectivity index (χ3v) is 2.75. The summed E-state index contributed by atoms with van der Waals surface area (Å²) in [5, 5.41) is 2.72. The second kappa shape index (κ2) is 8.26. The Kier molecular flexibility index (Phi) is 6.68. The minimum Gasteiger partial charge on any atom is -0.497 e.